The SMILES string of the molecule is CC(C)CC(COC(=O)C(C)C)C(=O)O. The van der Waals surface area contributed by atoms with E-state index in [4.69, 9.17) is 9.84 Å². The zero-order chi connectivity index (χ0) is 12.0. The second-order valence-electron chi connectivity index (χ2n) is 4.45. The van der Waals surface area contributed by atoms with E-state index in [-0.39, 0.29) is 24.4 Å². The highest BCUT2D eigenvalue weighted by molar-refractivity contribution is 5.73. The van der Waals surface area contributed by atoms with E-state index < -0.39 is 11.9 Å². The van der Waals surface area contributed by atoms with Gasteiger partial charge in [0, 0.05) is 0 Å². The maximum absolute atomic E-state index is 11.1. The van der Waals surface area contributed by atoms with Crippen molar-refractivity contribution in [2.75, 3.05) is 6.61 Å². The standard InChI is InChI=1S/C11H20O4/c1-7(2)5-9(10(12)13)6-15-11(14)8(3)4/h7-9H,5-6H2,1-4H3,(H,12,13). The van der Waals surface area contributed by atoms with Crippen LogP contribution in [0, 0.1) is 17.8 Å². The van der Waals surface area contributed by atoms with E-state index in [1.165, 1.54) is 0 Å². The minimum Gasteiger partial charge on any atom is -0.481 e. The number of esters is 1. The van der Waals surface area contributed by atoms with Gasteiger partial charge in [-0.3, -0.25) is 9.59 Å². The van der Waals surface area contributed by atoms with E-state index >= 15 is 0 Å². The van der Waals surface area contributed by atoms with Crippen LogP contribution < -0.4 is 0 Å². The quantitative estimate of drug-likeness (QED) is 0.689. The fourth-order valence-electron chi connectivity index (χ4n) is 1.16. The molecule has 0 saturated carbocycles. The Hall–Kier alpha value is -1.06. The predicted octanol–water partition coefficient (Wildman–Crippen LogP) is 1.93. The fraction of sp³-hybridized carbons (Fsp3) is 0.818. The van der Waals surface area contributed by atoms with Crippen LogP contribution >= 0.6 is 0 Å². The monoisotopic (exact) mass is 216 g/mol. The second kappa shape index (κ2) is 6.43. The number of carboxylic acids is 1. The van der Waals surface area contributed by atoms with Gasteiger partial charge in [-0.05, 0) is 12.3 Å². The third-order valence-electron chi connectivity index (χ3n) is 2.00. The van der Waals surface area contributed by atoms with E-state index in [9.17, 15) is 9.59 Å². The molecule has 1 atom stereocenters. The largest absolute Gasteiger partial charge is 0.481 e. The van der Waals surface area contributed by atoms with Crippen molar-refractivity contribution in [3.05, 3.63) is 0 Å². The highest BCUT2D eigenvalue weighted by Gasteiger charge is 2.21. The van der Waals surface area contributed by atoms with Crippen molar-refractivity contribution in [1.82, 2.24) is 0 Å². The van der Waals surface area contributed by atoms with Gasteiger partial charge in [0.2, 0.25) is 0 Å². The van der Waals surface area contributed by atoms with Gasteiger partial charge in [0.05, 0.1) is 11.8 Å². The summed E-state index contributed by atoms with van der Waals surface area (Å²) in [4.78, 5) is 22.0. The molecule has 0 heterocycles. The van der Waals surface area contributed by atoms with Crippen LogP contribution in [-0.4, -0.2) is 23.7 Å². The van der Waals surface area contributed by atoms with Gasteiger partial charge in [-0.2, -0.15) is 0 Å². The predicted molar refractivity (Wildman–Crippen MR) is 56.4 cm³/mol. The second-order valence-corrected chi connectivity index (χ2v) is 4.45. The molecule has 0 fully saturated rings. The minimum atomic E-state index is -0.903. The molecule has 0 aromatic rings. The van der Waals surface area contributed by atoms with Gasteiger partial charge in [0.1, 0.15) is 6.61 Å². The Morgan fingerprint density at radius 3 is 2.07 bits per heavy atom. The van der Waals surface area contributed by atoms with E-state index in [2.05, 4.69) is 0 Å². The summed E-state index contributed by atoms with van der Waals surface area (Å²) < 4.78 is 4.91. The maximum atomic E-state index is 11.1. The van der Waals surface area contributed by atoms with Crippen LogP contribution in [0.5, 0.6) is 0 Å². The molecule has 0 aromatic carbocycles. The topological polar surface area (TPSA) is 63.6 Å². The first kappa shape index (κ1) is 13.9. The van der Waals surface area contributed by atoms with Gasteiger partial charge in [0.15, 0.2) is 0 Å². The van der Waals surface area contributed by atoms with Crippen LogP contribution in [0.4, 0.5) is 0 Å². The molecule has 0 bridgehead atoms. The van der Waals surface area contributed by atoms with Crippen LogP contribution in [0.3, 0.4) is 0 Å². The number of hydrogen-bond donors (Lipinski definition) is 1. The molecule has 0 rings (SSSR count). The molecule has 4 heteroatoms. The molecule has 0 saturated heterocycles. The molecular weight excluding hydrogens is 196 g/mol. The number of aliphatic carboxylic acids is 1. The van der Waals surface area contributed by atoms with Crippen LogP contribution in [0.15, 0.2) is 0 Å². The van der Waals surface area contributed by atoms with Crippen LogP contribution in [-0.2, 0) is 14.3 Å². The van der Waals surface area contributed by atoms with Gasteiger partial charge in [-0.1, -0.05) is 27.7 Å². The fourth-order valence-corrected chi connectivity index (χ4v) is 1.16. The molecule has 88 valence electrons. The van der Waals surface area contributed by atoms with Crippen molar-refractivity contribution in [3.63, 3.8) is 0 Å². The molecule has 0 spiro atoms. The maximum Gasteiger partial charge on any atom is 0.309 e. The number of hydrogen-bond acceptors (Lipinski definition) is 3. The Balaban J connectivity index is 4.07. The summed E-state index contributed by atoms with van der Waals surface area (Å²) in [5, 5.41) is 8.88. The molecule has 4 nitrogen and oxygen atoms in total. The molecule has 0 radical (unpaired) electrons. The minimum absolute atomic E-state index is 0.0233. The van der Waals surface area contributed by atoms with E-state index in [1.54, 1.807) is 13.8 Å². The van der Waals surface area contributed by atoms with Crippen molar-refractivity contribution >= 4 is 11.9 Å². The first-order chi connectivity index (χ1) is 6.84. The van der Waals surface area contributed by atoms with Gasteiger partial charge in [-0.15, -0.1) is 0 Å². The third-order valence-corrected chi connectivity index (χ3v) is 2.00. The number of rotatable bonds is 6. The summed E-state index contributed by atoms with van der Waals surface area (Å²) >= 11 is 0. The lowest BCUT2D eigenvalue weighted by Crippen LogP contribution is -2.24. The lowest BCUT2D eigenvalue weighted by molar-refractivity contribution is -0.153. The lowest BCUT2D eigenvalue weighted by atomic mass is 9.98. The van der Waals surface area contributed by atoms with Gasteiger partial charge >= 0.3 is 11.9 Å². The molecule has 0 aliphatic rings. The summed E-state index contributed by atoms with van der Waals surface area (Å²) in [5.41, 5.74) is 0. The molecule has 1 N–H and O–H groups in total. The Morgan fingerprint density at radius 1 is 1.20 bits per heavy atom. The van der Waals surface area contributed by atoms with Crippen molar-refractivity contribution in [2.24, 2.45) is 17.8 Å². The van der Waals surface area contributed by atoms with Gasteiger partial charge in [-0.25, -0.2) is 0 Å². The number of carbonyl (C=O) groups excluding carboxylic acids is 1. The summed E-state index contributed by atoms with van der Waals surface area (Å²) in [7, 11) is 0. The van der Waals surface area contributed by atoms with Crippen LogP contribution in [0.25, 0.3) is 0 Å². The van der Waals surface area contributed by atoms with E-state index in [0.29, 0.717) is 6.42 Å². The molecule has 0 aliphatic carbocycles. The average Bonchev–Trinajstić information content (AvgIpc) is 2.10. The van der Waals surface area contributed by atoms with Crippen molar-refractivity contribution in [2.45, 2.75) is 34.1 Å². The third kappa shape index (κ3) is 6.10. The molecule has 0 aromatic heterocycles. The zero-order valence-corrected chi connectivity index (χ0v) is 9.82. The van der Waals surface area contributed by atoms with E-state index in [0.717, 1.165) is 0 Å². The summed E-state index contributed by atoms with van der Waals surface area (Å²) in [6, 6.07) is 0. The molecule has 0 aliphatic heterocycles. The molecule has 15 heavy (non-hydrogen) atoms. The van der Waals surface area contributed by atoms with Gasteiger partial charge in [0.25, 0.3) is 0 Å². The molecular formula is C11H20O4. The summed E-state index contributed by atoms with van der Waals surface area (Å²) in [5.74, 6) is -1.76. The van der Waals surface area contributed by atoms with Crippen LogP contribution in [0.1, 0.15) is 34.1 Å². The Kier molecular flexibility index (Phi) is 5.97. The van der Waals surface area contributed by atoms with Crippen molar-refractivity contribution in [3.8, 4) is 0 Å². The first-order valence-corrected chi connectivity index (χ1v) is 5.24. The van der Waals surface area contributed by atoms with Gasteiger partial charge < -0.3 is 9.84 Å². The molecule has 0 amide bonds. The Bertz CT molecular complexity index is 221. The lowest BCUT2D eigenvalue weighted by Gasteiger charge is -2.15. The first-order valence-electron chi connectivity index (χ1n) is 5.24. The summed E-state index contributed by atoms with van der Waals surface area (Å²) in [6.07, 6.45) is 0.528. The summed E-state index contributed by atoms with van der Waals surface area (Å²) in [6.45, 7) is 7.31. The highest BCUT2D eigenvalue weighted by atomic mass is 16.5. The Morgan fingerprint density at radius 2 is 1.73 bits per heavy atom. The number of ether oxygens (including phenoxy) is 1. The highest BCUT2D eigenvalue weighted by Crippen LogP contribution is 2.13. The molecule has 1 unspecified atom stereocenters. The number of carboxylic acid groups (broad SMARTS) is 1. The zero-order valence-electron chi connectivity index (χ0n) is 9.82. The normalized spacial score (nSPS) is 12.9. The van der Waals surface area contributed by atoms with Crippen molar-refractivity contribution < 1.29 is 19.4 Å². The average molecular weight is 216 g/mol. The number of carbonyl (C=O) groups is 2. The van der Waals surface area contributed by atoms with E-state index in [1.807, 2.05) is 13.8 Å². The Labute approximate surface area is 90.6 Å². The van der Waals surface area contributed by atoms with Crippen LogP contribution in [0.2, 0.25) is 0 Å². The smallest absolute Gasteiger partial charge is 0.309 e. The van der Waals surface area contributed by atoms with Crippen molar-refractivity contribution in [1.29, 1.82) is 0 Å².